The first-order valence-corrected chi connectivity index (χ1v) is 7.78. The third-order valence-corrected chi connectivity index (χ3v) is 3.66. The fourth-order valence-corrected chi connectivity index (χ4v) is 2.47. The van der Waals surface area contributed by atoms with Crippen LogP contribution in [0.4, 0.5) is 10.5 Å². The zero-order valence-electron chi connectivity index (χ0n) is 14.1. The van der Waals surface area contributed by atoms with Gasteiger partial charge in [0.25, 0.3) is 0 Å². The minimum Gasteiger partial charge on any atom is -0.495 e. The van der Waals surface area contributed by atoms with Crippen molar-refractivity contribution >= 4 is 11.7 Å². The van der Waals surface area contributed by atoms with Crippen molar-refractivity contribution in [2.24, 2.45) is 7.05 Å². The summed E-state index contributed by atoms with van der Waals surface area (Å²) in [6, 6.07) is 10.7. The lowest BCUT2D eigenvalue weighted by atomic mass is 10.1. The summed E-state index contributed by atoms with van der Waals surface area (Å²) in [4.78, 5) is 16.6. The Hall–Kier alpha value is -3.35. The summed E-state index contributed by atoms with van der Waals surface area (Å²) in [5.74, 6) is 0.607. The van der Waals surface area contributed by atoms with E-state index in [1.165, 1.54) is 0 Å². The lowest BCUT2D eigenvalue weighted by Gasteiger charge is -2.12. The number of aryl methyl sites for hydroxylation is 1. The van der Waals surface area contributed by atoms with E-state index in [4.69, 9.17) is 4.74 Å². The van der Waals surface area contributed by atoms with Crippen molar-refractivity contribution in [3.8, 4) is 17.0 Å². The molecule has 0 aliphatic heterocycles. The van der Waals surface area contributed by atoms with E-state index < -0.39 is 0 Å². The molecule has 0 radical (unpaired) electrons. The third-order valence-electron chi connectivity index (χ3n) is 3.66. The largest absolute Gasteiger partial charge is 0.495 e. The molecule has 0 aliphatic carbocycles. The molecule has 3 aromatic rings. The van der Waals surface area contributed by atoms with E-state index >= 15 is 0 Å². The van der Waals surface area contributed by atoms with E-state index in [1.54, 1.807) is 36.3 Å². The Labute approximate surface area is 145 Å². The zero-order valence-corrected chi connectivity index (χ0v) is 14.1. The van der Waals surface area contributed by atoms with Crippen LogP contribution in [-0.2, 0) is 13.6 Å². The standard InChI is InChI=1S/C18H19N5O2/c1-23-12-14(11-21-23)17-13(6-5-9-19-17)10-20-18(24)22-15-7-3-4-8-16(15)25-2/h3-9,11-12H,10H2,1-2H3,(H2,20,22,24). The Morgan fingerprint density at radius 2 is 2.08 bits per heavy atom. The molecule has 0 aliphatic rings. The predicted molar refractivity (Wildman–Crippen MR) is 95.3 cm³/mol. The number of benzene rings is 1. The summed E-state index contributed by atoms with van der Waals surface area (Å²) >= 11 is 0. The van der Waals surface area contributed by atoms with Crippen molar-refractivity contribution in [3.05, 3.63) is 60.6 Å². The second-order valence-electron chi connectivity index (χ2n) is 5.42. The molecule has 0 saturated heterocycles. The number of rotatable bonds is 5. The molecule has 0 spiro atoms. The number of nitrogens with zero attached hydrogens (tertiary/aromatic N) is 3. The van der Waals surface area contributed by atoms with E-state index in [-0.39, 0.29) is 6.03 Å². The van der Waals surface area contributed by atoms with Crippen LogP contribution in [0.5, 0.6) is 5.75 Å². The van der Waals surface area contributed by atoms with Crippen LogP contribution >= 0.6 is 0 Å². The van der Waals surface area contributed by atoms with Crippen molar-refractivity contribution in [1.82, 2.24) is 20.1 Å². The number of methoxy groups -OCH3 is 1. The molecule has 128 valence electrons. The molecule has 0 bridgehead atoms. The summed E-state index contributed by atoms with van der Waals surface area (Å²) in [7, 11) is 3.42. The second-order valence-corrected chi connectivity index (χ2v) is 5.42. The van der Waals surface area contributed by atoms with Gasteiger partial charge in [-0.2, -0.15) is 5.10 Å². The van der Waals surface area contributed by atoms with Gasteiger partial charge >= 0.3 is 6.03 Å². The summed E-state index contributed by atoms with van der Waals surface area (Å²) in [6.07, 6.45) is 5.36. The Morgan fingerprint density at radius 1 is 1.24 bits per heavy atom. The Bertz CT molecular complexity index is 875. The number of ether oxygens (including phenoxy) is 1. The van der Waals surface area contributed by atoms with Crippen LogP contribution in [0.1, 0.15) is 5.56 Å². The summed E-state index contributed by atoms with van der Waals surface area (Å²) in [5, 5.41) is 9.79. The number of amides is 2. The van der Waals surface area contributed by atoms with Gasteiger partial charge in [0.1, 0.15) is 5.75 Å². The SMILES string of the molecule is COc1ccccc1NC(=O)NCc1cccnc1-c1cnn(C)c1. The second kappa shape index (κ2) is 7.48. The molecule has 7 heteroatoms. The highest BCUT2D eigenvalue weighted by Crippen LogP contribution is 2.23. The molecular formula is C18H19N5O2. The van der Waals surface area contributed by atoms with Crippen molar-refractivity contribution in [2.75, 3.05) is 12.4 Å². The molecule has 0 atom stereocenters. The number of anilines is 1. The number of para-hydroxylation sites is 2. The normalized spacial score (nSPS) is 10.3. The van der Waals surface area contributed by atoms with Gasteiger partial charge in [0, 0.05) is 31.5 Å². The molecule has 2 aromatic heterocycles. The van der Waals surface area contributed by atoms with Crippen molar-refractivity contribution in [2.45, 2.75) is 6.54 Å². The van der Waals surface area contributed by atoms with Crippen LogP contribution in [0.3, 0.4) is 0 Å². The maximum Gasteiger partial charge on any atom is 0.319 e. The number of aromatic nitrogens is 3. The molecule has 7 nitrogen and oxygen atoms in total. The van der Waals surface area contributed by atoms with E-state index in [1.807, 2.05) is 37.5 Å². The van der Waals surface area contributed by atoms with Gasteiger partial charge in [0.05, 0.1) is 24.7 Å². The minimum absolute atomic E-state index is 0.314. The zero-order chi connectivity index (χ0) is 17.6. The lowest BCUT2D eigenvalue weighted by molar-refractivity contribution is 0.251. The quantitative estimate of drug-likeness (QED) is 0.750. The lowest BCUT2D eigenvalue weighted by Crippen LogP contribution is -2.28. The van der Waals surface area contributed by atoms with Crippen LogP contribution in [-0.4, -0.2) is 27.9 Å². The van der Waals surface area contributed by atoms with E-state index in [2.05, 4.69) is 20.7 Å². The Balaban J connectivity index is 1.69. The van der Waals surface area contributed by atoms with Crippen LogP contribution in [0.15, 0.2) is 55.0 Å². The van der Waals surface area contributed by atoms with Crippen LogP contribution in [0.25, 0.3) is 11.3 Å². The molecule has 1 aromatic carbocycles. The smallest absolute Gasteiger partial charge is 0.319 e. The molecule has 2 amide bonds. The maximum atomic E-state index is 12.2. The van der Waals surface area contributed by atoms with Crippen molar-refractivity contribution in [3.63, 3.8) is 0 Å². The highest BCUT2D eigenvalue weighted by Gasteiger charge is 2.10. The molecule has 0 fully saturated rings. The molecule has 3 rings (SSSR count). The number of urea groups is 1. The van der Waals surface area contributed by atoms with E-state index in [0.29, 0.717) is 18.0 Å². The first-order chi connectivity index (χ1) is 12.2. The van der Waals surface area contributed by atoms with Crippen LogP contribution in [0, 0.1) is 0 Å². The van der Waals surface area contributed by atoms with Gasteiger partial charge in [-0.25, -0.2) is 4.79 Å². The van der Waals surface area contributed by atoms with Gasteiger partial charge in [-0.3, -0.25) is 9.67 Å². The van der Waals surface area contributed by atoms with Crippen molar-refractivity contribution in [1.29, 1.82) is 0 Å². The first-order valence-electron chi connectivity index (χ1n) is 7.78. The third kappa shape index (κ3) is 3.95. The summed E-state index contributed by atoms with van der Waals surface area (Å²) in [5.41, 5.74) is 3.23. The highest BCUT2D eigenvalue weighted by molar-refractivity contribution is 5.90. The molecule has 0 saturated carbocycles. The Morgan fingerprint density at radius 3 is 2.84 bits per heavy atom. The number of carbonyl (C=O) groups excluding carboxylic acids is 1. The average Bonchev–Trinajstić information content (AvgIpc) is 3.07. The topological polar surface area (TPSA) is 81.1 Å². The summed E-state index contributed by atoms with van der Waals surface area (Å²) < 4.78 is 6.94. The molecule has 2 heterocycles. The molecular weight excluding hydrogens is 318 g/mol. The van der Waals surface area contributed by atoms with Gasteiger partial charge in [-0.1, -0.05) is 18.2 Å². The number of hydrogen-bond donors (Lipinski definition) is 2. The molecule has 0 unspecified atom stereocenters. The fourth-order valence-electron chi connectivity index (χ4n) is 2.47. The van der Waals surface area contributed by atoms with E-state index in [9.17, 15) is 4.79 Å². The maximum absolute atomic E-state index is 12.2. The van der Waals surface area contributed by atoms with Gasteiger partial charge in [0.2, 0.25) is 0 Å². The minimum atomic E-state index is -0.314. The molecule has 2 N–H and O–H groups in total. The average molecular weight is 337 g/mol. The fraction of sp³-hybridized carbons (Fsp3) is 0.167. The number of pyridine rings is 1. The Kier molecular flexibility index (Phi) is 4.94. The predicted octanol–water partition coefficient (Wildman–Crippen LogP) is 2.81. The highest BCUT2D eigenvalue weighted by atomic mass is 16.5. The summed E-state index contributed by atoms with van der Waals surface area (Å²) in [6.45, 7) is 0.346. The van der Waals surface area contributed by atoms with Gasteiger partial charge in [-0.15, -0.1) is 0 Å². The van der Waals surface area contributed by atoms with Crippen LogP contribution < -0.4 is 15.4 Å². The van der Waals surface area contributed by atoms with Crippen LogP contribution in [0.2, 0.25) is 0 Å². The van der Waals surface area contributed by atoms with Gasteiger partial charge in [-0.05, 0) is 23.8 Å². The van der Waals surface area contributed by atoms with E-state index in [0.717, 1.165) is 16.8 Å². The number of nitrogens with one attached hydrogen (secondary N) is 2. The number of hydrogen-bond acceptors (Lipinski definition) is 4. The first kappa shape index (κ1) is 16.5. The van der Waals surface area contributed by atoms with Gasteiger partial charge in [0.15, 0.2) is 0 Å². The molecule has 25 heavy (non-hydrogen) atoms. The number of carbonyl (C=O) groups is 1. The monoisotopic (exact) mass is 337 g/mol. The van der Waals surface area contributed by atoms with Crippen molar-refractivity contribution < 1.29 is 9.53 Å². The van der Waals surface area contributed by atoms with Gasteiger partial charge < -0.3 is 15.4 Å².